The lowest BCUT2D eigenvalue weighted by Crippen LogP contribution is -2.45. The van der Waals surface area contributed by atoms with Crippen LogP contribution in [0.15, 0.2) is 0 Å². The molecule has 0 radical (unpaired) electrons. The summed E-state index contributed by atoms with van der Waals surface area (Å²) in [6.07, 6.45) is 0. The smallest absolute Gasteiger partial charge is 0.246 e. The first-order valence-corrected chi connectivity index (χ1v) is 4.17. The van der Waals surface area contributed by atoms with Gasteiger partial charge in [-0.15, -0.1) is 0 Å². The maximum Gasteiger partial charge on any atom is 0.246 e. The molecule has 0 saturated heterocycles. The first-order valence-electron chi connectivity index (χ1n) is 4.17. The van der Waals surface area contributed by atoms with Crippen LogP contribution in [0, 0.1) is 0 Å². The Balaban J connectivity index is 3.78. The van der Waals surface area contributed by atoms with Crippen molar-refractivity contribution in [2.24, 2.45) is 0 Å². The van der Waals surface area contributed by atoms with Gasteiger partial charge in [0.25, 0.3) is 0 Å². The zero-order valence-electron chi connectivity index (χ0n) is 8.22. The largest absolute Gasteiger partial charge is 0.375 e. The van der Waals surface area contributed by atoms with Gasteiger partial charge in [-0.05, 0) is 13.8 Å². The Morgan fingerprint density at radius 2 is 2.08 bits per heavy atom. The summed E-state index contributed by atoms with van der Waals surface area (Å²) in [5, 5.41) is 5.09. The van der Waals surface area contributed by atoms with Crippen LogP contribution >= 0.6 is 0 Å². The second-order valence-corrected chi connectivity index (χ2v) is 2.62. The van der Waals surface area contributed by atoms with Crippen molar-refractivity contribution >= 4 is 11.8 Å². The third-order valence-electron chi connectivity index (χ3n) is 1.40. The molecule has 2 amide bonds. The van der Waals surface area contributed by atoms with Gasteiger partial charge in [0.2, 0.25) is 11.8 Å². The van der Waals surface area contributed by atoms with Crippen molar-refractivity contribution in [2.45, 2.75) is 19.9 Å². The highest BCUT2D eigenvalue weighted by Gasteiger charge is 2.13. The van der Waals surface area contributed by atoms with Gasteiger partial charge in [0, 0.05) is 13.7 Å². The molecule has 0 aromatic rings. The second-order valence-electron chi connectivity index (χ2n) is 2.62. The monoisotopic (exact) mass is 188 g/mol. The first kappa shape index (κ1) is 11.9. The molecule has 0 spiro atoms. The number of hydrogen-bond donors (Lipinski definition) is 2. The van der Waals surface area contributed by atoms with Crippen molar-refractivity contribution < 1.29 is 14.3 Å². The number of ether oxygens (including phenoxy) is 1. The molecule has 0 rings (SSSR count). The Morgan fingerprint density at radius 3 is 2.54 bits per heavy atom. The molecule has 0 saturated carbocycles. The lowest BCUT2D eigenvalue weighted by atomic mass is 10.3. The number of amides is 2. The molecule has 0 aliphatic heterocycles. The minimum Gasteiger partial charge on any atom is -0.375 e. The molecule has 0 fully saturated rings. The molecule has 0 aromatic carbocycles. The van der Waals surface area contributed by atoms with E-state index in [1.54, 1.807) is 6.92 Å². The van der Waals surface area contributed by atoms with Gasteiger partial charge >= 0.3 is 0 Å². The van der Waals surface area contributed by atoms with Crippen LogP contribution in [0.1, 0.15) is 13.8 Å². The molecule has 0 heterocycles. The van der Waals surface area contributed by atoms with Gasteiger partial charge in [-0.1, -0.05) is 0 Å². The van der Waals surface area contributed by atoms with E-state index >= 15 is 0 Å². The molecule has 13 heavy (non-hydrogen) atoms. The zero-order valence-corrected chi connectivity index (χ0v) is 8.22. The number of rotatable bonds is 5. The van der Waals surface area contributed by atoms with Crippen LogP contribution < -0.4 is 10.6 Å². The number of carbonyl (C=O) groups is 2. The maximum absolute atomic E-state index is 11.1. The van der Waals surface area contributed by atoms with Gasteiger partial charge < -0.3 is 15.4 Å². The SMILES string of the molecule is CCNC(=O)C(C)NC(=O)COC. The topological polar surface area (TPSA) is 67.4 Å². The van der Waals surface area contributed by atoms with Gasteiger partial charge in [-0.25, -0.2) is 0 Å². The second kappa shape index (κ2) is 6.42. The molecule has 0 aliphatic carbocycles. The fourth-order valence-electron chi connectivity index (χ4n) is 0.807. The average Bonchev–Trinajstić information content (AvgIpc) is 2.05. The third kappa shape index (κ3) is 5.19. The molecule has 2 N–H and O–H groups in total. The Hall–Kier alpha value is -1.10. The molecule has 5 heteroatoms. The van der Waals surface area contributed by atoms with E-state index in [2.05, 4.69) is 15.4 Å². The summed E-state index contributed by atoms with van der Waals surface area (Å²) >= 11 is 0. The standard InChI is InChI=1S/C8H16N2O3/c1-4-9-8(12)6(2)10-7(11)5-13-3/h6H,4-5H2,1-3H3,(H,9,12)(H,10,11). The van der Waals surface area contributed by atoms with Crippen LogP contribution in [0.5, 0.6) is 0 Å². The van der Waals surface area contributed by atoms with E-state index in [9.17, 15) is 9.59 Å². The predicted octanol–water partition coefficient (Wildman–Crippen LogP) is -0.726. The van der Waals surface area contributed by atoms with Crippen LogP contribution in [-0.2, 0) is 14.3 Å². The number of hydrogen-bond acceptors (Lipinski definition) is 3. The molecule has 0 aliphatic rings. The Morgan fingerprint density at radius 1 is 1.46 bits per heavy atom. The third-order valence-corrected chi connectivity index (χ3v) is 1.40. The number of methoxy groups -OCH3 is 1. The van der Waals surface area contributed by atoms with E-state index in [1.807, 2.05) is 6.92 Å². The minimum atomic E-state index is -0.511. The van der Waals surface area contributed by atoms with Gasteiger partial charge in [0.1, 0.15) is 12.6 Å². The Kier molecular flexibility index (Phi) is 5.88. The molecular weight excluding hydrogens is 172 g/mol. The lowest BCUT2D eigenvalue weighted by molar-refractivity contribution is -0.130. The zero-order chi connectivity index (χ0) is 10.3. The van der Waals surface area contributed by atoms with E-state index in [0.717, 1.165) is 0 Å². The van der Waals surface area contributed by atoms with E-state index in [1.165, 1.54) is 7.11 Å². The number of nitrogens with one attached hydrogen (secondary N) is 2. The van der Waals surface area contributed by atoms with Crippen molar-refractivity contribution in [3.05, 3.63) is 0 Å². The molecule has 76 valence electrons. The van der Waals surface area contributed by atoms with Crippen LogP contribution in [0.4, 0.5) is 0 Å². The van der Waals surface area contributed by atoms with Gasteiger partial charge in [-0.2, -0.15) is 0 Å². The van der Waals surface area contributed by atoms with Crippen LogP contribution in [0.25, 0.3) is 0 Å². The molecule has 1 atom stereocenters. The molecule has 0 aromatic heterocycles. The molecular formula is C8H16N2O3. The first-order chi connectivity index (χ1) is 6.11. The highest BCUT2D eigenvalue weighted by atomic mass is 16.5. The summed E-state index contributed by atoms with van der Waals surface area (Å²) in [4.78, 5) is 22.1. The fraction of sp³-hybridized carbons (Fsp3) is 0.750. The number of likely N-dealkylation sites (N-methyl/N-ethyl adjacent to an activating group) is 1. The Bertz CT molecular complexity index is 182. The van der Waals surface area contributed by atoms with Gasteiger partial charge in [-0.3, -0.25) is 9.59 Å². The normalized spacial score (nSPS) is 11.9. The summed E-state index contributed by atoms with van der Waals surface area (Å²) in [5.41, 5.74) is 0. The van der Waals surface area contributed by atoms with Crippen molar-refractivity contribution in [2.75, 3.05) is 20.3 Å². The Labute approximate surface area is 77.8 Å². The van der Waals surface area contributed by atoms with Crippen molar-refractivity contribution in [1.82, 2.24) is 10.6 Å². The van der Waals surface area contributed by atoms with Crippen molar-refractivity contribution in [1.29, 1.82) is 0 Å². The number of carbonyl (C=O) groups excluding carboxylic acids is 2. The molecule has 1 unspecified atom stereocenters. The van der Waals surface area contributed by atoms with Crippen LogP contribution in [0.2, 0.25) is 0 Å². The van der Waals surface area contributed by atoms with Gasteiger partial charge in [0.15, 0.2) is 0 Å². The summed E-state index contributed by atoms with van der Waals surface area (Å²) in [6, 6.07) is -0.511. The van der Waals surface area contributed by atoms with Crippen LogP contribution in [-0.4, -0.2) is 38.1 Å². The molecule has 5 nitrogen and oxygen atoms in total. The average molecular weight is 188 g/mol. The summed E-state index contributed by atoms with van der Waals surface area (Å²) < 4.78 is 4.60. The summed E-state index contributed by atoms with van der Waals surface area (Å²) in [5.74, 6) is -0.479. The maximum atomic E-state index is 11.1. The minimum absolute atomic E-state index is 0.0241. The van der Waals surface area contributed by atoms with E-state index in [4.69, 9.17) is 0 Å². The van der Waals surface area contributed by atoms with E-state index < -0.39 is 6.04 Å². The summed E-state index contributed by atoms with van der Waals surface area (Å²) in [6.45, 7) is 3.98. The molecule has 0 bridgehead atoms. The van der Waals surface area contributed by atoms with Crippen molar-refractivity contribution in [3.8, 4) is 0 Å². The highest BCUT2D eigenvalue weighted by Crippen LogP contribution is 1.82. The van der Waals surface area contributed by atoms with E-state index in [-0.39, 0.29) is 18.4 Å². The lowest BCUT2D eigenvalue weighted by Gasteiger charge is -2.12. The fourth-order valence-corrected chi connectivity index (χ4v) is 0.807. The predicted molar refractivity (Wildman–Crippen MR) is 48.2 cm³/mol. The van der Waals surface area contributed by atoms with Gasteiger partial charge in [0.05, 0.1) is 0 Å². The highest BCUT2D eigenvalue weighted by molar-refractivity contribution is 5.87. The summed E-state index contributed by atoms with van der Waals surface area (Å²) in [7, 11) is 1.43. The van der Waals surface area contributed by atoms with E-state index in [0.29, 0.717) is 6.54 Å². The quantitative estimate of drug-likeness (QED) is 0.598. The van der Waals surface area contributed by atoms with Crippen molar-refractivity contribution in [3.63, 3.8) is 0 Å². The van der Waals surface area contributed by atoms with Crippen LogP contribution in [0.3, 0.4) is 0 Å².